The maximum atomic E-state index is 11.4. The van der Waals surface area contributed by atoms with Crippen molar-refractivity contribution >= 4 is 5.91 Å². The van der Waals surface area contributed by atoms with Gasteiger partial charge in [0, 0.05) is 20.8 Å². The van der Waals surface area contributed by atoms with E-state index in [0.717, 1.165) is 0 Å². The van der Waals surface area contributed by atoms with Crippen molar-refractivity contribution in [2.75, 3.05) is 40.5 Å². The van der Waals surface area contributed by atoms with Gasteiger partial charge in [0.1, 0.15) is 0 Å². The van der Waals surface area contributed by atoms with E-state index in [2.05, 4.69) is 0 Å². The summed E-state index contributed by atoms with van der Waals surface area (Å²) in [6.45, 7) is 3.52. The van der Waals surface area contributed by atoms with Crippen LogP contribution in [-0.2, 0) is 14.3 Å². The summed E-state index contributed by atoms with van der Waals surface area (Å²) in [4.78, 5) is 13.1. The molecule has 0 spiro atoms. The van der Waals surface area contributed by atoms with E-state index in [0.29, 0.717) is 19.8 Å². The second-order valence-corrected chi connectivity index (χ2v) is 3.09. The van der Waals surface area contributed by atoms with E-state index in [1.165, 1.54) is 0 Å². The summed E-state index contributed by atoms with van der Waals surface area (Å²) in [6, 6.07) is 0.0335. The van der Waals surface area contributed by atoms with Gasteiger partial charge in [-0.05, 0) is 6.92 Å². The van der Waals surface area contributed by atoms with E-state index in [9.17, 15) is 4.79 Å². The number of hydrogen-bond donors (Lipinski definition) is 1. The van der Waals surface area contributed by atoms with Crippen molar-refractivity contribution in [2.45, 2.75) is 13.0 Å². The van der Waals surface area contributed by atoms with Gasteiger partial charge < -0.3 is 20.1 Å². The van der Waals surface area contributed by atoms with E-state index in [4.69, 9.17) is 15.2 Å². The van der Waals surface area contributed by atoms with Crippen LogP contribution in [0.15, 0.2) is 0 Å². The highest BCUT2D eigenvalue weighted by Crippen LogP contribution is 1.99. The van der Waals surface area contributed by atoms with Gasteiger partial charge in [-0.15, -0.1) is 0 Å². The zero-order valence-corrected chi connectivity index (χ0v) is 9.16. The predicted octanol–water partition coefficient (Wildman–Crippen LogP) is -0.545. The summed E-state index contributed by atoms with van der Waals surface area (Å²) in [5.41, 5.74) is 5.31. The lowest BCUT2D eigenvalue weighted by atomic mass is 10.3. The minimum absolute atomic E-state index is 0.0256. The van der Waals surface area contributed by atoms with Crippen molar-refractivity contribution in [3.8, 4) is 0 Å². The molecule has 14 heavy (non-hydrogen) atoms. The number of rotatable bonds is 7. The SMILES string of the molecule is COCCN(C(=O)CN)C(C)COC. The smallest absolute Gasteiger partial charge is 0.236 e. The largest absolute Gasteiger partial charge is 0.383 e. The number of methoxy groups -OCH3 is 2. The Morgan fingerprint density at radius 1 is 1.43 bits per heavy atom. The molecular weight excluding hydrogens is 184 g/mol. The Hall–Kier alpha value is -0.650. The van der Waals surface area contributed by atoms with Crippen molar-refractivity contribution in [1.82, 2.24) is 4.90 Å². The molecule has 0 aromatic rings. The van der Waals surface area contributed by atoms with Crippen LogP contribution in [0.1, 0.15) is 6.92 Å². The van der Waals surface area contributed by atoms with Crippen LogP contribution in [0.4, 0.5) is 0 Å². The average Bonchev–Trinajstić information content (AvgIpc) is 2.18. The summed E-state index contributed by atoms with van der Waals surface area (Å²) in [5.74, 6) is -0.0772. The zero-order valence-electron chi connectivity index (χ0n) is 9.16. The Labute approximate surface area is 85.1 Å². The highest BCUT2D eigenvalue weighted by molar-refractivity contribution is 5.78. The molecular formula is C9H20N2O3. The summed E-state index contributed by atoms with van der Waals surface area (Å²) < 4.78 is 9.90. The molecule has 0 aliphatic carbocycles. The fraction of sp³-hybridized carbons (Fsp3) is 0.889. The number of nitrogens with two attached hydrogens (primary N) is 1. The standard InChI is InChI=1S/C9H20N2O3/c1-8(7-14-3)11(4-5-13-2)9(12)6-10/h8H,4-7,10H2,1-3H3. The van der Waals surface area contributed by atoms with Crippen molar-refractivity contribution < 1.29 is 14.3 Å². The fourth-order valence-electron chi connectivity index (χ4n) is 1.23. The Balaban J connectivity index is 4.14. The van der Waals surface area contributed by atoms with Gasteiger partial charge in [0.05, 0.1) is 25.8 Å². The number of carbonyl (C=O) groups excluding carboxylic acids is 1. The van der Waals surface area contributed by atoms with Gasteiger partial charge in [-0.1, -0.05) is 0 Å². The molecule has 0 fully saturated rings. The van der Waals surface area contributed by atoms with Gasteiger partial charge in [-0.2, -0.15) is 0 Å². The number of amides is 1. The molecule has 0 bridgehead atoms. The lowest BCUT2D eigenvalue weighted by molar-refractivity contribution is -0.133. The van der Waals surface area contributed by atoms with Gasteiger partial charge in [0.25, 0.3) is 0 Å². The lowest BCUT2D eigenvalue weighted by Crippen LogP contribution is -2.45. The van der Waals surface area contributed by atoms with E-state index < -0.39 is 0 Å². The Morgan fingerprint density at radius 2 is 2.07 bits per heavy atom. The molecule has 1 atom stereocenters. The van der Waals surface area contributed by atoms with Crippen LogP contribution in [-0.4, -0.2) is 57.4 Å². The Morgan fingerprint density at radius 3 is 2.50 bits per heavy atom. The van der Waals surface area contributed by atoms with Crippen LogP contribution in [0.2, 0.25) is 0 Å². The molecule has 0 radical (unpaired) electrons. The van der Waals surface area contributed by atoms with Gasteiger partial charge in [-0.25, -0.2) is 0 Å². The summed E-state index contributed by atoms with van der Waals surface area (Å²) in [6.07, 6.45) is 0. The first-order valence-electron chi connectivity index (χ1n) is 4.64. The van der Waals surface area contributed by atoms with E-state index in [1.807, 2.05) is 6.92 Å². The maximum Gasteiger partial charge on any atom is 0.236 e. The highest BCUT2D eigenvalue weighted by Gasteiger charge is 2.17. The molecule has 0 heterocycles. The molecule has 2 N–H and O–H groups in total. The topological polar surface area (TPSA) is 64.8 Å². The van der Waals surface area contributed by atoms with Crippen LogP contribution in [0.3, 0.4) is 0 Å². The van der Waals surface area contributed by atoms with Gasteiger partial charge >= 0.3 is 0 Å². The third-order valence-corrected chi connectivity index (χ3v) is 1.97. The Bertz CT molecular complexity index is 164. The van der Waals surface area contributed by atoms with E-state index in [1.54, 1.807) is 19.1 Å². The van der Waals surface area contributed by atoms with E-state index >= 15 is 0 Å². The first kappa shape index (κ1) is 13.4. The number of nitrogens with zero attached hydrogens (tertiary/aromatic N) is 1. The second-order valence-electron chi connectivity index (χ2n) is 3.09. The summed E-state index contributed by atoms with van der Waals surface area (Å²) in [5, 5.41) is 0. The van der Waals surface area contributed by atoms with Crippen molar-refractivity contribution in [3.63, 3.8) is 0 Å². The maximum absolute atomic E-state index is 11.4. The number of carbonyl (C=O) groups is 1. The molecule has 0 saturated heterocycles. The average molecular weight is 204 g/mol. The minimum atomic E-state index is -0.0772. The Kier molecular flexibility index (Phi) is 7.37. The van der Waals surface area contributed by atoms with Crippen molar-refractivity contribution in [3.05, 3.63) is 0 Å². The quantitative estimate of drug-likeness (QED) is 0.604. The van der Waals surface area contributed by atoms with Gasteiger partial charge in [0.15, 0.2) is 0 Å². The van der Waals surface area contributed by atoms with Crippen molar-refractivity contribution in [1.29, 1.82) is 0 Å². The van der Waals surface area contributed by atoms with Crippen LogP contribution in [0, 0.1) is 0 Å². The first-order chi connectivity index (χ1) is 6.67. The van der Waals surface area contributed by atoms with Crippen LogP contribution in [0.25, 0.3) is 0 Å². The van der Waals surface area contributed by atoms with Crippen LogP contribution >= 0.6 is 0 Å². The highest BCUT2D eigenvalue weighted by atomic mass is 16.5. The van der Waals surface area contributed by atoms with Crippen molar-refractivity contribution in [2.24, 2.45) is 5.73 Å². The number of ether oxygens (including phenoxy) is 2. The number of hydrogen-bond acceptors (Lipinski definition) is 4. The molecule has 1 amide bonds. The molecule has 5 nitrogen and oxygen atoms in total. The zero-order chi connectivity index (χ0) is 11.0. The molecule has 5 heteroatoms. The first-order valence-corrected chi connectivity index (χ1v) is 4.64. The predicted molar refractivity (Wildman–Crippen MR) is 54.0 cm³/mol. The van der Waals surface area contributed by atoms with Gasteiger partial charge in [-0.3, -0.25) is 4.79 Å². The molecule has 0 aromatic carbocycles. The molecule has 0 aliphatic rings. The van der Waals surface area contributed by atoms with Gasteiger partial charge in [0.2, 0.25) is 5.91 Å². The normalized spacial score (nSPS) is 12.6. The molecule has 0 aliphatic heterocycles. The molecule has 0 saturated carbocycles. The molecule has 1 unspecified atom stereocenters. The lowest BCUT2D eigenvalue weighted by Gasteiger charge is -2.28. The fourth-order valence-corrected chi connectivity index (χ4v) is 1.23. The summed E-state index contributed by atoms with van der Waals surface area (Å²) >= 11 is 0. The monoisotopic (exact) mass is 204 g/mol. The minimum Gasteiger partial charge on any atom is -0.383 e. The molecule has 0 aromatic heterocycles. The van der Waals surface area contributed by atoms with Crippen LogP contribution < -0.4 is 5.73 Å². The third kappa shape index (κ3) is 4.55. The second kappa shape index (κ2) is 7.73. The van der Waals surface area contributed by atoms with Crippen LogP contribution in [0.5, 0.6) is 0 Å². The third-order valence-electron chi connectivity index (χ3n) is 1.97. The molecule has 84 valence electrons. The molecule has 0 rings (SSSR count). The van der Waals surface area contributed by atoms with E-state index in [-0.39, 0.29) is 18.5 Å². The summed E-state index contributed by atoms with van der Waals surface area (Å²) in [7, 11) is 3.21.